The Kier molecular flexibility index (Phi) is 3.79. The summed E-state index contributed by atoms with van der Waals surface area (Å²) in [7, 11) is 0. The minimum atomic E-state index is -0.620. The first-order chi connectivity index (χ1) is 9.11. The third-order valence-corrected chi connectivity index (χ3v) is 2.32. The third-order valence-electron chi connectivity index (χ3n) is 2.32. The molecular formula is C13H12FNO4. The molecule has 0 saturated heterocycles. The summed E-state index contributed by atoms with van der Waals surface area (Å²) >= 11 is 0. The third kappa shape index (κ3) is 2.90. The van der Waals surface area contributed by atoms with E-state index in [2.05, 4.69) is 4.98 Å². The van der Waals surface area contributed by atoms with Crippen LogP contribution in [0.1, 0.15) is 23.0 Å². The highest BCUT2D eigenvalue weighted by atomic mass is 19.1. The predicted molar refractivity (Wildman–Crippen MR) is 63.7 cm³/mol. The number of oxazole rings is 1. The van der Waals surface area contributed by atoms with Gasteiger partial charge in [-0.1, -0.05) is 12.1 Å². The Hall–Kier alpha value is -2.37. The van der Waals surface area contributed by atoms with Gasteiger partial charge in [0.05, 0.1) is 6.61 Å². The first-order valence-corrected chi connectivity index (χ1v) is 5.67. The van der Waals surface area contributed by atoms with Crippen molar-refractivity contribution in [3.8, 4) is 11.8 Å². The Bertz CT molecular complexity index is 594. The lowest BCUT2D eigenvalue weighted by Crippen LogP contribution is -2.04. The van der Waals surface area contributed by atoms with Crippen molar-refractivity contribution in [1.82, 2.24) is 4.98 Å². The van der Waals surface area contributed by atoms with Crippen LogP contribution in [0.5, 0.6) is 11.8 Å². The molecule has 0 spiro atoms. The molecule has 5 nitrogen and oxygen atoms in total. The number of esters is 1. The molecule has 1 aromatic carbocycles. The topological polar surface area (TPSA) is 61.6 Å². The number of ether oxygens (including phenoxy) is 2. The molecule has 19 heavy (non-hydrogen) atoms. The molecule has 1 aromatic heterocycles. The second kappa shape index (κ2) is 5.51. The fourth-order valence-electron chi connectivity index (χ4n) is 1.40. The molecule has 0 aliphatic rings. The Balaban J connectivity index is 2.16. The van der Waals surface area contributed by atoms with Gasteiger partial charge < -0.3 is 13.9 Å². The van der Waals surface area contributed by atoms with Crippen molar-refractivity contribution in [2.75, 3.05) is 6.61 Å². The smallest absolute Gasteiger partial charge is 0.400 e. The molecule has 2 aromatic rings. The van der Waals surface area contributed by atoms with Gasteiger partial charge in [0.15, 0.2) is 17.3 Å². The fourth-order valence-corrected chi connectivity index (χ4v) is 1.40. The molecule has 6 heteroatoms. The zero-order chi connectivity index (χ0) is 13.8. The summed E-state index contributed by atoms with van der Waals surface area (Å²) < 4.78 is 28.5. The average molecular weight is 265 g/mol. The molecule has 100 valence electrons. The van der Waals surface area contributed by atoms with Gasteiger partial charge in [0.2, 0.25) is 0 Å². The van der Waals surface area contributed by atoms with E-state index in [1.807, 2.05) is 0 Å². The summed E-state index contributed by atoms with van der Waals surface area (Å²) in [5.41, 5.74) is 0.416. The van der Waals surface area contributed by atoms with Crippen LogP contribution in [-0.2, 0) is 4.74 Å². The van der Waals surface area contributed by atoms with Gasteiger partial charge in [-0.3, -0.25) is 0 Å². The van der Waals surface area contributed by atoms with Crippen molar-refractivity contribution in [2.45, 2.75) is 13.8 Å². The van der Waals surface area contributed by atoms with Crippen LogP contribution in [0, 0.1) is 12.7 Å². The number of benzene rings is 1. The maximum absolute atomic E-state index is 13.7. The Morgan fingerprint density at radius 1 is 1.47 bits per heavy atom. The summed E-state index contributed by atoms with van der Waals surface area (Å²) in [4.78, 5) is 15.1. The number of nitrogens with zero attached hydrogens (tertiary/aromatic N) is 1. The first kappa shape index (κ1) is 13.1. The van der Waals surface area contributed by atoms with E-state index in [4.69, 9.17) is 13.9 Å². The number of rotatable bonds is 4. The lowest BCUT2D eigenvalue weighted by atomic mass is 10.2. The van der Waals surface area contributed by atoms with Crippen molar-refractivity contribution in [3.05, 3.63) is 41.5 Å². The molecule has 0 aliphatic carbocycles. The minimum Gasteiger partial charge on any atom is -0.461 e. The fraction of sp³-hybridized carbons (Fsp3) is 0.231. The van der Waals surface area contributed by atoms with Crippen LogP contribution < -0.4 is 4.74 Å². The van der Waals surface area contributed by atoms with E-state index in [0.29, 0.717) is 5.56 Å². The van der Waals surface area contributed by atoms with E-state index in [9.17, 15) is 9.18 Å². The number of halogens is 1. The summed E-state index contributed by atoms with van der Waals surface area (Å²) in [5, 5.41) is 0. The van der Waals surface area contributed by atoms with Gasteiger partial charge >= 0.3 is 12.0 Å². The quantitative estimate of drug-likeness (QED) is 0.795. The number of carbonyl (C=O) groups excluding carboxylic acids is 1. The molecule has 0 N–H and O–H groups in total. The largest absolute Gasteiger partial charge is 0.461 e. The van der Waals surface area contributed by atoms with Crippen molar-refractivity contribution >= 4 is 5.97 Å². The Morgan fingerprint density at radius 3 is 3.00 bits per heavy atom. The van der Waals surface area contributed by atoms with E-state index in [1.54, 1.807) is 26.0 Å². The van der Waals surface area contributed by atoms with Crippen LogP contribution in [0.15, 0.2) is 28.9 Å². The van der Waals surface area contributed by atoms with Crippen LogP contribution in [0.3, 0.4) is 0 Å². The van der Waals surface area contributed by atoms with E-state index < -0.39 is 11.8 Å². The van der Waals surface area contributed by atoms with Gasteiger partial charge in [-0.05, 0) is 25.5 Å². The molecule has 0 fully saturated rings. The molecule has 0 amide bonds. The van der Waals surface area contributed by atoms with Gasteiger partial charge in [0.1, 0.15) is 6.26 Å². The number of aromatic nitrogens is 1. The van der Waals surface area contributed by atoms with Crippen molar-refractivity contribution in [3.63, 3.8) is 0 Å². The Labute approximate surface area is 109 Å². The molecule has 2 rings (SSSR count). The van der Waals surface area contributed by atoms with E-state index >= 15 is 0 Å². The molecule has 0 atom stereocenters. The van der Waals surface area contributed by atoms with Crippen LogP contribution in [-0.4, -0.2) is 17.6 Å². The SMILES string of the molecule is CCOC(=O)c1coc(Oc2cccc(C)c2F)n1. The van der Waals surface area contributed by atoms with Crippen LogP contribution in [0.2, 0.25) is 0 Å². The zero-order valence-corrected chi connectivity index (χ0v) is 10.5. The van der Waals surface area contributed by atoms with Gasteiger partial charge in [-0.25, -0.2) is 9.18 Å². The van der Waals surface area contributed by atoms with Crippen molar-refractivity contribution < 1.29 is 23.1 Å². The summed E-state index contributed by atoms with van der Waals surface area (Å²) in [6.45, 7) is 3.52. The van der Waals surface area contributed by atoms with Gasteiger partial charge in [0, 0.05) is 0 Å². The molecule has 0 radical (unpaired) electrons. The maximum atomic E-state index is 13.7. The monoisotopic (exact) mass is 265 g/mol. The lowest BCUT2D eigenvalue weighted by molar-refractivity contribution is 0.0519. The van der Waals surface area contributed by atoms with Crippen molar-refractivity contribution in [1.29, 1.82) is 0 Å². The van der Waals surface area contributed by atoms with Gasteiger partial charge in [-0.2, -0.15) is 4.98 Å². The highest BCUT2D eigenvalue weighted by molar-refractivity contribution is 5.86. The summed E-state index contributed by atoms with van der Waals surface area (Å²) in [6.07, 6.45) is 0.883. The second-order valence-electron chi connectivity index (χ2n) is 3.71. The molecule has 0 saturated carbocycles. The predicted octanol–water partition coefficient (Wildman–Crippen LogP) is 3.09. The number of hydrogen-bond donors (Lipinski definition) is 0. The van der Waals surface area contributed by atoms with E-state index in [-0.39, 0.29) is 24.1 Å². The average Bonchev–Trinajstić information content (AvgIpc) is 2.84. The summed E-state index contributed by atoms with van der Waals surface area (Å²) in [6, 6.07) is 4.70. The zero-order valence-electron chi connectivity index (χ0n) is 10.5. The summed E-state index contributed by atoms with van der Waals surface area (Å²) in [5.74, 6) is -1.14. The van der Waals surface area contributed by atoms with Crippen molar-refractivity contribution in [2.24, 2.45) is 0 Å². The lowest BCUT2D eigenvalue weighted by Gasteiger charge is -2.03. The minimum absolute atomic E-state index is 0.0164. The normalized spacial score (nSPS) is 10.3. The van der Waals surface area contributed by atoms with Gasteiger partial charge in [0.25, 0.3) is 0 Å². The molecular weight excluding hydrogens is 253 g/mol. The van der Waals surface area contributed by atoms with Crippen LogP contribution >= 0.6 is 0 Å². The highest BCUT2D eigenvalue weighted by Crippen LogP contribution is 2.25. The van der Waals surface area contributed by atoms with E-state index in [1.165, 1.54) is 6.07 Å². The Morgan fingerprint density at radius 2 is 2.26 bits per heavy atom. The standard InChI is InChI=1S/C13H12FNO4/c1-3-17-12(16)9-7-18-13(15-9)19-10-6-4-5-8(2)11(10)14/h4-7H,3H2,1-2H3. The molecule has 0 aliphatic heterocycles. The second-order valence-corrected chi connectivity index (χ2v) is 3.71. The van der Waals surface area contributed by atoms with Crippen LogP contribution in [0.25, 0.3) is 0 Å². The van der Waals surface area contributed by atoms with Crippen LogP contribution in [0.4, 0.5) is 4.39 Å². The number of carbonyl (C=O) groups is 1. The number of aryl methyl sites for hydroxylation is 1. The molecule has 1 heterocycles. The first-order valence-electron chi connectivity index (χ1n) is 5.67. The molecule has 0 unspecified atom stereocenters. The van der Waals surface area contributed by atoms with E-state index in [0.717, 1.165) is 6.26 Å². The number of hydrogen-bond acceptors (Lipinski definition) is 5. The van der Waals surface area contributed by atoms with Gasteiger partial charge in [-0.15, -0.1) is 0 Å². The molecule has 0 bridgehead atoms. The highest BCUT2D eigenvalue weighted by Gasteiger charge is 2.16. The maximum Gasteiger partial charge on any atom is 0.400 e.